The Morgan fingerprint density at radius 2 is 1.02 bits per heavy atom. The molecular weight excluding hydrogens is 661 g/mol. The van der Waals surface area contributed by atoms with Crippen LogP contribution in [0.25, 0.3) is 0 Å². The van der Waals surface area contributed by atoms with E-state index >= 15 is 0 Å². The van der Waals surface area contributed by atoms with Crippen molar-refractivity contribution in [2.75, 3.05) is 54.1 Å². The lowest BCUT2D eigenvalue weighted by Gasteiger charge is -2.24. The number of nitrogens with zero attached hydrogens (tertiary/aromatic N) is 1. The number of allylic oxidation sites excluding steroid dienone is 2. The van der Waals surface area contributed by atoms with Crippen LogP contribution in [0.1, 0.15) is 194 Å². The zero-order valence-corrected chi connectivity index (χ0v) is 35.3. The predicted octanol–water partition coefficient (Wildman–Crippen LogP) is 12.3. The van der Waals surface area contributed by atoms with Crippen LogP contribution in [-0.4, -0.2) is 75.6 Å². The number of rotatable bonds is 40. The lowest BCUT2D eigenvalue weighted by molar-refractivity contribution is -0.870. The van der Waals surface area contributed by atoms with E-state index < -0.39 is 13.9 Å². The van der Waals surface area contributed by atoms with Gasteiger partial charge < -0.3 is 18.9 Å². The average Bonchev–Trinajstić information content (AvgIpc) is 3.08. The van der Waals surface area contributed by atoms with Gasteiger partial charge in [0.15, 0.2) is 0 Å². The molecule has 0 rings (SSSR count). The summed E-state index contributed by atoms with van der Waals surface area (Å²) in [6.45, 7) is 5.64. The maximum absolute atomic E-state index is 12.7. The monoisotopic (exact) mass is 747 g/mol. The number of unbranched alkanes of at least 4 members (excludes halogenated alkanes) is 24. The SMILES string of the molecule is CCCCCCCC/C=C\CCCCCCCC(=O)OC(COCCCCCCCCCCCCCCCC)COP(=O)(O)OCC[N+](C)(C)C. The van der Waals surface area contributed by atoms with Crippen LogP contribution >= 0.6 is 7.82 Å². The molecule has 0 aliphatic carbocycles. The first-order chi connectivity index (χ1) is 24.6. The highest BCUT2D eigenvalue weighted by molar-refractivity contribution is 7.47. The maximum atomic E-state index is 12.7. The number of ether oxygens (including phenoxy) is 2. The van der Waals surface area contributed by atoms with E-state index in [0.717, 1.165) is 38.5 Å². The maximum Gasteiger partial charge on any atom is 0.472 e. The summed E-state index contributed by atoms with van der Waals surface area (Å²) in [4.78, 5) is 22.8. The summed E-state index contributed by atoms with van der Waals surface area (Å²) in [7, 11) is 1.67. The molecule has 0 heterocycles. The average molecular weight is 747 g/mol. The molecule has 0 saturated carbocycles. The van der Waals surface area contributed by atoms with E-state index in [9.17, 15) is 14.3 Å². The minimum Gasteiger partial charge on any atom is -0.457 e. The summed E-state index contributed by atoms with van der Waals surface area (Å²) in [6.07, 6.45) is 38.0. The van der Waals surface area contributed by atoms with Gasteiger partial charge >= 0.3 is 13.8 Å². The quantitative estimate of drug-likeness (QED) is 0.0219. The molecule has 2 atom stereocenters. The summed E-state index contributed by atoms with van der Waals surface area (Å²) in [6, 6.07) is 0. The highest BCUT2D eigenvalue weighted by atomic mass is 31.2. The molecule has 1 N–H and O–H groups in total. The molecular formula is C42H85NO7P+. The van der Waals surface area contributed by atoms with E-state index in [0.29, 0.717) is 24.1 Å². The van der Waals surface area contributed by atoms with Crippen molar-refractivity contribution in [1.82, 2.24) is 0 Å². The molecule has 2 unspecified atom stereocenters. The van der Waals surface area contributed by atoms with Gasteiger partial charge in [0.1, 0.15) is 19.3 Å². The molecule has 0 aromatic heterocycles. The normalized spacial score (nSPS) is 13.9. The van der Waals surface area contributed by atoms with Crippen LogP contribution < -0.4 is 0 Å². The summed E-state index contributed by atoms with van der Waals surface area (Å²) in [5, 5.41) is 0. The number of carbonyl (C=O) groups excluding carboxylic acids is 1. The molecule has 0 aliphatic heterocycles. The van der Waals surface area contributed by atoms with Crippen molar-refractivity contribution in [3.05, 3.63) is 12.2 Å². The minimum atomic E-state index is -4.27. The smallest absolute Gasteiger partial charge is 0.457 e. The summed E-state index contributed by atoms with van der Waals surface area (Å²) in [5.74, 6) is -0.319. The van der Waals surface area contributed by atoms with Crippen molar-refractivity contribution < 1.29 is 37.3 Å². The van der Waals surface area contributed by atoms with E-state index in [-0.39, 0.29) is 25.8 Å². The standard InChI is InChI=1S/C42H84NO7P/c1-6-8-10-12-14-16-18-20-22-23-25-27-29-31-33-35-42(44)50-41(40-49-51(45,46)48-38-36-43(3,4)5)39-47-37-34-32-30-28-26-24-21-19-17-15-13-11-9-7-2/h20,22,41H,6-19,21,23-40H2,1-5H3/p+1/b22-20-. The second kappa shape index (κ2) is 36.2. The number of phosphoric ester groups is 1. The summed E-state index contributed by atoms with van der Waals surface area (Å²) < 4.78 is 35.0. The fourth-order valence-electron chi connectivity index (χ4n) is 5.96. The molecule has 0 amide bonds. The third kappa shape index (κ3) is 40.3. The Morgan fingerprint density at radius 1 is 0.588 bits per heavy atom. The number of likely N-dealkylation sites (N-methyl/N-ethyl adjacent to an activating group) is 1. The Kier molecular flexibility index (Phi) is 35.7. The van der Waals surface area contributed by atoms with Gasteiger partial charge in [-0.2, -0.15) is 0 Å². The van der Waals surface area contributed by atoms with Gasteiger partial charge in [0.2, 0.25) is 0 Å². The van der Waals surface area contributed by atoms with Crippen LogP contribution in [-0.2, 0) is 27.9 Å². The largest absolute Gasteiger partial charge is 0.472 e. The first-order valence-electron chi connectivity index (χ1n) is 21.4. The number of phosphoric acid groups is 1. The van der Waals surface area contributed by atoms with Gasteiger partial charge in [-0.05, 0) is 38.5 Å². The van der Waals surface area contributed by atoms with E-state index in [1.165, 1.54) is 135 Å². The highest BCUT2D eigenvalue weighted by Crippen LogP contribution is 2.43. The Hall–Kier alpha value is -0.760. The van der Waals surface area contributed by atoms with Gasteiger partial charge in [0.25, 0.3) is 0 Å². The Labute approximate surface area is 316 Å². The second-order valence-corrected chi connectivity index (χ2v) is 17.2. The Bertz CT molecular complexity index is 833. The van der Waals surface area contributed by atoms with Crippen molar-refractivity contribution in [2.24, 2.45) is 0 Å². The third-order valence-electron chi connectivity index (χ3n) is 9.33. The minimum absolute atomic E-state index is 0.0901. The van der Waals surface area contributed by atoms with Crippen molar-refractivity contribution in [1.29, 1.82) is 0 Å². The van der Waals surface area contributed by atoms with Crippen LogP contribution in [0.15, 0.2) is 12.2 Å². The van der Waals surface area contributed by atoms with E-state index in [2.05, 4.69) is 26.0 Å². The Morgan fingerprint density at radius 3 is 1.49 bits per heavy atom. The van der Waals surface area contributed by atoms with E-state index in [1.807, 2.05) is 21.1 Å². The molecule has 0 spiro atoms. The van der Waals surface area contributed by atoms with Gasteiger partial charge in [-0.15, -0.1) is 0 Å². The second-order valence-electron chi connectivity index (χ2n) is 15.7. The zero-order chi connectivity index (χ0) is 37.7. The van der Waals surface area contributed by atoms with Crippen LogP contribution in [0.3, 0.4) is 0 Å². The summed E-state index contributed by atoms with van der Waals surface area (Å²) in [5.41, 5.74) is 0. The lowest BCUT2D eigenvalue weighted by Crippen LogP contribution is -2.37. The summed E-state index contributed by atoms with van der Waals surface area (Å²) >= 11 is 0. The highest BCUT2D eigenvalue weighted by Gasteiger charge is 2.26. The number of esters is 1. The molecule has 0 aromatic carbocycles. The van der Waals surface area contributed by atoms with Crippen molar-refractivity contribution in [2.45, 2.75) is 200 Å². The molecule has 9 heteroatoms. The van der Waals surface area contributed by atoms with E-state index in [4.69, 9.17) is 18.5 Å². The van der Waals surface area contributed by atoms with Crippen molar-refractivity contribution in [3.8, 4) is 0 Å². The third-order valence-corrected chi connectivity index (χ3v) is 10.3. The first-order valence-corrected chi connectivity index (χ1v) is 22.9. The molecule has 0 radical (unpaired) electrons. The molecule has 0 aliphatic rings. The lowest BCUT2D eigenvalue weighted by atomic mass is 10.0. The predicted molar refractivity (Wildman–Crippen MR) is 215 cm³/mol. The number of hydrogen-bond donors (Lipinski definition) is 1. The molecule has 51 heavy (non-hydrogen) atoms. The van der Waals surface area contributed by atoms with Crippen molar-refractivity contribution in [3.63, 3.8) is 0 Å². The van der Waals surface area contributed by atoms with Crippen molar-refractivity contribution >= 4 is 13.8 Å². The van der Waals surface area contributed by atoms with Crippen LogP contribution in [0.4, 0.5) is 0 Å². The zero-order valence-electron chi connectivity index (χ0n) is 34.4. The molecule has 0 aromatic rings. The molecule has 0 bridgehead atoms. The molecule has 0 saturated heterocycles. The van der Waals surface area contributed by atoms with Crippen LogP contribution in [0.5, 0.6) is 0 Å². The van der Waals surface area contributed by atoms with Crippen LogP contribution in [0.2, 0.25) is 0 Å². The fraction of sp³-hybridized carbons (Fsp3) is 0.929. The van der Waals surface area contributed by atoms with Gasteiger partial charge in [-0.25, -0.2) is 4.57 Å². The molecule has 304 valence electrons. The van der Waals surface area contributed by atoms with Gasteiger partial charge in [0.05, 0.1) is 34.4 Å². The topological polar surface area (TPSA) is 91.3 Å². The van der Waals surface area contributed by atoms with Gasteiger partial charge in [-0.1, -0.05) is 161 Å². The number of quaternary nitrogens is 1. The first kappa shape index (κ1) is 50.2. The van der Waals surface area contributed by atoms with E-state index in [1.54, 1.807) is 0 Å². The van der Waals surface area contributed by atoms with Crippen LogP contribution in [0, 0.1) is 0 Å². The van der Waals surface area contributed by atoms with Gasteiger partial charge in [-0.3, -0.25) is 13.8 Å². The number of hydrogen-bond acceptors (Lipinski definition) is 6. The van der Waals surface area contributed by atoms with Gasteiger partial charge in [0, 0.05) is 13.0 Å². The Balaban J connectivity index is 4.24. The molecule has 0 fully saturated rings. The molecule has 8 nitrogen and oxygen atoms in total. The fourth-order valence-corrected chi connectivity index (χ4v) is 6.70. The number of carbonyl (C=O) groups is 1.